The number of hydrogen-bond acceptors (Lipinski definition) is 5. The minimum Gasteiger partial charge on any atom is -0.491 e. The average Bonchev–Trinajstić information content (AvgIpc) is 3.23. The van der Waals surface area contributed by atoms with Crippen LogP contribution in [0.2, 0.25) is 0 Å². The first-order chi connectivity index (χ1) is 13.2. The number of methoxy groups -OCH3 is 1. The minimum atomic E-state index is 0.155. The zero-order valence-electron chi connectivity index (χ0n) is 15.9. The highest BCUT2D eigenvalue weighted by Crippen LogP contribution is 2.31. The van der Waals surface area contributed by atoms with Crippen molar-refractivity contribution < 1.29 is 14.3 Å². The fourth-order valence-corrected chi connectivity index (χ4v) is 3.77. The standard InChI is InChI=1S/C22H26N2O3/c1-16-6-8-18(9-7-16)22-20-14-24(15-21(20)27-23-22)13-17-4-3-5-19(12-17)26-11-10-25-2/h3-9,12,20-21H,10-11,13-15H2,1-2H3/t20-,21+/m1/s1. The molecule has 2 aromatic rings. The quantitative estimate of drug-likeness (QED) is 0.706. The molecule has 1 saturated heterocycles. The summed E-state index contributed by atoms with van der Waals surface area (Å²) in [5.74, 6) is 1.23. The Morgan fingerprint density at radius 1 is 1.11 bits per heavy atom. The lowest BCUT2D eigenvalue weighted by atomic mass is 9.94. The van der Waals surface area contributed by atoms with E-state index in [-0.39, 0.29) is 6.10 Å². The maximum Gasteiger partial charge on any atom is 0.149 e. The van der Waals surface area contributed by atoms with Gasteiger partial charge in [0.1, 0.15) is 18.5 Å². The second-order valence-electron chi connectivity index (χ2n) is 7.28. The molecule has 0 spiro atoms. The lowest BCUT2D eigenvalue weighted by Crippen LogP contribution is -2.23. The van der Waals surface area contributed by atoms with E-state index in [2.05, 4.69) is 53.4 Å². The molecule has 0 bridgehead atoms. The van der Waals surface area contributed by atoms with Crippen LogP contribution in [-0.2, 0) is 16.1 Å². The van der Waals surface area contributed by atoms with Crippen molar-refractivity contribution in [3.05, 3.63) is 65.2 Å². The summed E-state index contributed by atoms with van der Waals surface area (Å²) in [6, 6.07) is 16.8. The Bertz CT molecular complexity index is 803. The molecule has 2 aliphatic heterocycles. The summed E-state index contributed by atoms with van der Waals surface area (Å²) >= 11 is 0. The number of likely N-dealkylation sites (tertiary alicyclic amines) is 1. The molecule has 5 nitrogen and oxygen atoms in total. The van der Waals surface area contributed by atoms with Gasteiger partial charge in [0.2, 0.25) is 0 Å². The molecule has 0 aromatic heterocycles. The fourth-order valence-electron chi connectivity index (χ4n) is 3.77. The van der Waals surface area contributed by atoms with Crippen LogP contribution in [0.3, 0.4) is 0 Å². The van der Waals surface area contributed by atoms with Gasteiger partial charge in [-0.3, -0.25) is 4.90 Å². The molecular formula is C22H26N2O3. The highest BCUT2D eigenvalue weighted by atomic mass is 16.6. The van der Waals surface area contributed by atoms with Gasteiger partial charge in [-0.2, -0.15) is 0 Å². The molecule has 2 heterocycles. The first-order valence-electron chi connectivity index (χ1n) is 9.47. The van der Waals surface area contributed by atoms with Crippen LogP contribution in [0.15, 0.2) is 53.7 Å². The third-order valence-electron chi connectivity index (χ3n) is 5.19. The molecule has 142 valence electrons. The van der Waals surface area contributed by atoms with Gasteiger partial charge >= 0.3 is 0 Å². The number of nitrogens with zero attached hydrogens (tertiary/aromatic N) is 2. The van der Waals surface area contributed by atoms with Crippen molar-refractivity contribution in [3.63, 3.8) is 0 Å². The first-order valence-corrected chi connectivity index (χ1v) is 9.47. The molecular weight excluding hydrogens is 340 g/mol. The molecule has 5 heteroatoms. The Morgan fingerprint density at radius 2 is 1.96 bits per heavy atom. The van der Waals surface area contributed by atoms with Crippen LogP contribution in [0.4, 0.5) is 0 Å². The zero-order chi connectivity index (χ0) is 18.6. The summed E-state index contributed by atoms with van der Waals surface area (Å²) in [6.45, 7) is 6.02. The van der Waals surface area contributed by atoms with Gasteiger partial charge in [0.25, 0.3) is 0 Å². The summed E-state index contributed by atoms with van der Waals surface area (Å²) in [5.41, 5.74) is 4.76. The summed E-state index contributed by atoms with van der Waals surface area (Å²) in [5, 5.41) is 4.38. The number of oxime groups is 1. The predicted octanol–water partition coefficient (Wildman–Crippen LogP) is 3.26. The second-order valence-corrected chi connectivity index (χ2v) is 7.28. The van der Waals surface area contributed by atoms with Gasteiger partial charge in [0.05, 0.1) is 18.2 Å². The topological polar surface area (TPSA) is 43.3 Å². The van der Waals surface area contributed by atoms with E-state index < -0.39 is 0 Å². The second kappa shape index (κ2) is 8.11. The predicted molar refractivity (Wildman–Crippen MR) is 105 cm³/mol. The van der Waals surface area contributed by atoms with E-state index >= 15 is 0 Å². The maximum absolute atomic E-state index is 5.74. The normalized spacial score (nSPS) is 21.6. The average molecular weight is 366 g/mol. The van der Waals surface area contributed by atoms with Crippen molar-refractivity contribution in [1.29, 1.82) is 0 Å². The van der Waals surface area contributed by atoms with Crippen LogP contribution in [-0.4, -0.2) is 50.1 Å². The Morgan fingerprint density at radius 3 is 2.78 bits per heavy atom. The van der Waals surface area contributed by atoms with Crippen molar-refractivity contribution in [2.75, 3.05) is 33.4 Å². The van der Waals surface area contributed by atoms with Gasteiger partial charge < -0.3 is 14.3 Å². The number of hydrogen-bond donors (Lipinski definition) is 0. The molecule has 0 N–H and O–H groups in total. The highest BCUT2D eigenvalue weighted by Gasteiger charge is 2.42. The monoisotopic (exact) mass is 366 g/mol. The molecule has 0 unspecified atom stereocenters. The van der Waals surface area contributed by atoms with Crippen LogP contribution in [0, 0.1) is 12.8 Å². The van der Waals surface area contributed by atoms with Crippen LogP contribution < -0.4 is 4.74 Å². The Kier molecular flexibility index (Phi) is 5.41. The van der Waals surface area contributed by atoms with E-state index in [9.17, 15) is 0 Å². The van der Waals surface area contributed by atoms with E-state index in [0.29, 0.717) is 19.1 Å². The van der Waals surface area contributed by atoms with Crippen LogP contribution >= 0.6 is 0 Å². The summed E-state index contributed by atoms with van der Waals surface area (Å²) in [7, 11) is 1.68. The van der Waals surface area contributed by atoms with Gasteiger partial charge in [0.15, 0.2) is 0 Å². The summed E-state index contributed by atoms with van der Waals surface area (Å²) < 4.78 is 10.8. The molecule has 0 aliphatic carbocycles. The van der Waals surface area contributed by atoms with Crippen LogP contribution in [0.25, 0.3) is 0 Å². The van der Waals surface area contributed by atoms with Gasteiger partial charge in [0, 0.05) is 26.7 Å². The van der Waals surface area contributed by atoms with E-state index in [1.54, 1.807) is 7.11 Å². The van der Waals surface area contributed by atoms with Crippen molar-refractivity contribution in [2.24, 2.45) is 11.1 Å². The van der Waals surface area contributed by atoms with Crippen LogP contribution in [0.1, 0.15) is 16.7 Å². The lowest BCUT2D eigenvalue weighted by molar-refractivity contribution is 0.0745. The van der Waals surface area contributed by atoms with E-state index in [1.165, 1.54) is 16.7 Å². The van der Waals surface area contributed by atoms with E-state index in [4.69, 9.17) is 14.3 Å². The summed E-state index contributed by atoms with van der Waals surface area (Å²) in [4.78, 5) is 8.18. The third-order valence-corrected chi connectivity index (χ3v) is 5.19. The SMILES string of the molecule is COCCOc1cccc(CN2C[C@@H]3ON=C(c4ccc(C)cc4)[C@@H]3C2)c1. The number of aryl methyl sites for hydroxylation is 1. The highest BCUT2D eigenvalue weighted by molar-refractivity contribution is 6.03. The molecule has 4 rings (SSSR count). The summed E-state index contributed by atoms with van der Waals surface area (Å²) in [6.07, 6.45) is 0.155. The molecule has 0 saturated carbocycles. The first kappa shape index (κ1) is 18.0. The fraction of sp³-hybridized carbons (Fsp3) is 0.409. The van der Waals surface area contributed by atoms with Crippen molar-refractivity contribution >= 4 is 5.71 Å². The largest absolute Gasteiger partial charge is 0.491 e. The van der Waals surface area contributed by atoms with Crippen molar-refractivity contribution in [1.82, 2.24) is 4.90 Å². The van der Waals surface area contributed by atoms with E-state index in [1.807, 2.05) is 12.1 Å². The molecule has 1 fully saturated rings. The van der Waals surface area contributed by atoms with E-state index in [0.717, 1.165) is 31.1 Å². The minimum absolute atomic E-state index is 0.155. The van der Waals surface area contributed by atoms with Crippen LogP contribution in [0.5, 0.6) is 5.75 Å². The van der Waals surface area contributed by atoms with Crippen molar-refractivity contribution in [2.45, 2.75) is 19.6 Å². The van der Waals surface area contributed by atoms with Gasteiger partial charge in [-0.1, -0.05) is 47.1 Å². The maximum atomic E-state index is 5.74. The number of benzene rings is 2. The third kappa shape index (κ3) is 4.15. The lowest BCUT2D eigenvalue weighted by Gasteiger charge is -2.17. The van der Waals surface area contributed by atoms with Gasteiger partial charge in [-0.05, 0) is 30.2 Å². The number of fused-ring (bicyclic) bond motifs is 1. The molecule has 2 aromatic carbocycles. The Labute approximate surface area is 160 Å². The smallest absolute Gasteiger partial charge is 0.149 e. The zero-order valence-corrected chi connectivity index (χ0v) is 15.9. The Hall–Kier alpha value is -2.37. The van der Waals surface area contributed by atoms with Gasteiger partial charge in [-0.25, -0.2) is 0 Å². The Balaban J connectivity index is 1.38. The molecule has 0 amide bonds. The number of ether oxygens (including phenoxy) is 2. The molecule has 2 atom stereocenters. The molecule has 2 aliphatic rings. The molecule has 27 heavy (non-hydrogen) atoms. The number of rotatable bonds is 7. The van der Waals surface area contributed by atoms with Gasteiger partial charge in [-0.15, -0.1) is 0 Å². The van der Waals surface area contributed by atoms with Crippen molar-refractivity contribution in [3.8, 4) is 5.75 Å². The molecule has 0 radical (unpaired) electrons.